The van der Waals surface area contributed by atoms with E-state index in [1.807, 2.05) is 12.1 Å². The molecule has 2 aromatic carbocycles. The van der Waals surface area contributed by atoms with Gasteiger partial charge in [-0.1, -0.05) is 12.1 Å². The van der Waals surface area contributed by atoms with Crippen LogP contribution in [0.2, 0.25) is 0 Å². The summed E-state index contributed by atoms with van der Waals surface area (Å²) in [4.78, 5) is 35.8. The Morgan fingerprint density at radius 3 is 2.16 bits per heavy atom. The van der Waals surface area contributed by atoms with Gasteiger partial charge in [0.2, 0.25) is 0 Å². The number of hydrogen-bond donors (Lipinski definition) is 2. The Morgan fingerprint density at radius 1 is 0.880 bits per heavy atom. The topological polar surface area (TPSA) is 93.7 Å². The molecule has 0 radical (unpaired) electrons. The van der Waals surface area contributed by atoms with Crippen molar-refractivity contribution in [2.45, 2.75) is 0 Å². The minimum Gasteiger partial charge on any atom is -0.465 e. The fraction of sp³-hybridized carbons (Fsp3) is 0.118. The molecule has 0 aliphatic heterocycles. The molecule has 0 saturated carbocycles. The molecule has 7 nitrogen and oxygen atoms in total. The summed E-state index contributed by atoms with van der Waals surface area (Å²) in [5.74, 6) is -1.22. The van der Waals surface area contributed by atoms with Gasteiger partial charge in [-0.05, 0) is 52.9 Å². The van der Waals surface area contributed by atoms with Crippen LogP contribution in [-0.4, -0.2) is 32.2 Å². The van der Waals surface area contributed by atoms with Crippen molar-refractivity contribution in [3.63, 3.8) is 0 Å². The minimum absolute atomic E-state index is 0.119. The minimum atomic E-state index is -0.638. The third-order valence-electron chi connectivity index (χ3n) is 3.22. The molecule has 2 aromatic rings. The van der Waals surface area contributed by atoms with Crippen molar-refractivity contribution in [2.24, 2.45) is 0 Å². The number of benzene rings is 2. The van der Waals surface area contributed by atoms with Crippen LogP contribution in [0, 0.1) is 3.57 Å². The van der Waals surface area contributed by atoms with E-state index in [1.165, 1.54) is 32.4 Å². The number of urea groups is 1. The molecule has 130 valence electrons. The van der Waals surface area contributed by atoms with Crippen LogP contribution in [0.3, 0.4) is 0 Å². The number of carbonyl (C=O) groups excluding carboxylic acids is 3. The number of amides is 2. The maximum atomic E-state index is 12.3. The Bertz CT molecular complexity index is 822. The van der Waals surface area contributed by atoms with E-state index < -0.39 is 18.0 Å². The lowest BCUT2D eigenvalue weighted by atomic mass is 10.1. The van der Waals surface area contributed by atoms with Gasteiger partial charge in [-0.2, -0.15) is 0 Å². The summed E-state index contributed by atoms with van der Waals surface area (Å²) in [6.07, 6.45) is 0. The largest absolute Gasteiger partial charge is 0.465 e. The van der Waals surface area contributed by atoms with Crippen molar-refractivity contribution in [2.75, 3.05) is 24.9 Å². The Hall–Kier alpha value is -2.62. The van der Waals surface area contributed by atoms with Gasteiger partial charge in [-0.25, -0.2) is 14.4 Å². The molecular weight excluding hydrogens is 439 g/mol. The van der Waals surface area contributed by atoms with Crippen LogP contribution in [0.1, 0.15) is 20.7 Å². The third kappa shape index (κ3) is 4.69. The number of para-hydroxylation sites is 1. The average molecular weight is 454 g/mol. The number of methoxy groups -OCH3 is 2. The molecule has 0 atom stereocenters. The molecule has 2 N–H and O–H groups in total. The number of rotatable bonds is 4. The Balaban J connectivity index is 2.29. The molecule has 2 rings (SSSR count). The molecule has 0 spiro atoms. The number of ether oxygens (including phenoxy) is 2. The second-order valence-corrected chi connectivity index (χ2v) is 5.96. The van der Waals surface area contributed by atoms with Gasteiger partial charge in [0.25, 0.3) is 0 Å². The van der Waals surface area contributed by atoms with E-state index in [-0.39, 0.29) is 16.8 Å². The van der Waals surface area contributed by atoms with Gasteiger partial charge >= 0.3 is 18.0 Å². The van der Waals surface area contributed by atoms with E-state index in [1.54, 1.807) is 12.1 Å². The fourth-order valence-electron chi connectivity index (χ4n) is 2.02. The summed E-state index contributed by atoms with van der Waals surface area (Å²) < 4.78 is 10.2. The Morgan fingerprint density at radius 2 is 1.52 bits per heavy atom. The summed E-state index contributed by atoms with van der Waals surface area (Å²) in [5, 5.41) is 5.24. The van der Waals surface area contributed by atoms with Gasteiger partial charge in [0.05, 0.1) is 36.7 Å². The number of esters is 2. The molecule has 0 aliphatic rings. The first-order valence-electron chi connectivity index (χ1n) is 7.09. The van der Waals surface area contributed by atoms with E-state index in [9.17, 15) is 14.4 Å². The van der Waals surface area contributed by atoms with Gasteiger partial charge in [0.15, 0.2) is 0 Å². The quantitative estimate of drug-likeness (QED) is 0.545. The maximum Gasteiger partial charge on any atom is 0.339 e. The molecule has 0 bridgehead atoms. The SMILES string of the molecule is COC(=O)c1ccc(C(=O)OC)c(NC(=O)Nc2ccccc2I)c1. The summed E-state index contributed by atoms with van der Waals surface area (Å²) in [7, 11) is 2.47. The zero-order chi connectivity index (χ0) is 18.4. The summed E-state index contributed by atoms with van der Waals surface area (Å²) in [6.45, 7) is 0. The Labute approximate surface area is 157 Å². The second kappa shape index (κ2) is 8.47. The molecule has 0 aromatic heterocycles. The number of carbonyl (C=O) groups is 3. The van der Waals surface area contributed by atoms with Crippen LogP contribution < -0.4 is 10.6 Å². The van der Waals surface area contributed by atoms with Crippen LogP contribution in [0.15, 0.2) is 42.5 Å². The number of hydrogen-bond acceptors (Lipinski definition) is 5. The zero-order valence-electron chi connectivity index (χ0n) is 13.5. The molecular formula is C17H15IN2O5. The standard InChI is InChI=1S/C17H15IN2O5/c1-24-15(21)10-7-8-11(16(22)25-2)14(9-10)20-17(23)19-13-6-4-3-5-12(13)18/h3-9H,1-2H3,(H2,19,20,23). The Kier molecular flexibility index (Phi) is 6.34. The van der Waals surface area contributed by atoms with Crippen molar-refractivity contribution >= 4 is 51.9 Å². The highest BCUT2D eigenvalue weighted by Gasteiger charge is 2.17. The van der Waals surface area contributed by atoms with E-state index in [4.69, 9.17) is 4.74 Å². The van der Waals surface area contributed by atoms with Gasteiger partial charge in [-0.3, -0.25) is 0 Å². The van der Waals surface area contributed by atoms with E-state index >= 15 is 0 Å². The highest BCUT2D eigenvalue weighted by Crippen LogP contribution is 2.21. The first-order valence-corrected chi connectivity index (χ1v) is 8.17. The lowest BCUT2D eigenvalue weighted by Crippen LogP contribution is -2.22. The highest BCUT2D eigenvalue weighted by atomic mass is 127. The van der Waals surface area contributed by atoms with Crippen LogP contribution in [0.5, 0.6) is 0 Å². The monoisotopic (exact) mass is 454 g/mol. The summed E-state index contributed by atoms with van der Waals surface area (Å²) >= 11 is 2.09. The second-order valence-electron chi connectivity index (χ2n) is 4.80. The van der Waals surface area contributed by atoms with Crippen molar-refractivity contribution in [1.82, 2.24) is 0 Å². The van der Waals surface area contributed by atoms with Crippen molar-refractivity contribution in [3.8, 4) is 0 Å². The van der Waals surface area contributed by atoms with Crippen LogP contribution >= 0.6 is 22.6 Å². The number of nitrogens with one attached hydrogen (secondary N) is 2. The van der Waals surface area contributed by atoms with Crippen molar-refractivity contribution in [1.29, 1.82) is 0 Å². The first kappa shape index (κ1) is 18.7. The van der Waals surface area contributed by atoms with Gasteiger partial charge in [0.1, 0.15) is 0 Å². The number of anilines is 2. The third-order valence-corrected chi connectivity index (χ3v) is 4.16. The van der Waals surface area contributed by atoms with Crippen molar-refractivity contribution < 1.29 is 23.9 Å². The lowest BCUT2D eigenvalue weighted by molar-refractivity contribution is 0.0587. The maximum absolute atomic E-state index is 12.3. The molecule has 0 aliphatic carbocycles. The van der Waals surface area contributed by atoms with Crippen LogP contribution in [0.25, 0.3) is 0 Å². The predicted molar refractivity (Wildman–Crippen MR) is 101 cm³/mol. The van der Waals surface area contributed by atoms with E-state index in [0.717, 1.165) is 3.57 Å². The van der Waals surface area contributed by atoms with Crippen LogP contribution in [-0.2, 0) is 9.47 Å². The van der Waals surface area contributed by atoms with Crippen molar-refractivity contribution in [3.05, 3.63) is 57.2 Å². The fourth-order valence-corrected chi connectivity index (χ4v) is 2.54. The van der Waals surface area contributed by atoms with Gasteiger partial charge in [0, 0.05) is 3.57 Å². The normalized spacial score (nSPS) is 9.88. The van der Waals surface area contributed by atoms with Crippen LogP contribution in [0.4, 0.5) is 16.2 Å². The highest BCUT2D eigenvalue weighted by molar-refractivity contribution is 14.1. The molecule has 0 unspecified atom stereocenters. The van der Waals surface area contributed by atoms with E-state index in [0.29, 0.717) is 5.69 Å². The smallest absolute Gasteiger partial charge is 0.339 e. The lowest BCUT2D eigenvalue weighted by Gasteiger charge is -2.13. The molecule has 0 fully saturated rings. The van der Waals surface area contributed by atoms with Gasteiger partial charge in [-0.15, -0.1) is 0 Å². The molecule has 0 saturated heterocycles. The van der Waals surface area contributed by atoms with Gasteiger partial charge < -0.3 is 20.1 Å². The molecule has 2 amide bonds. The predicted octanol–water partition coefficient (Wildman–Crippen LogP) is 3.51. The molecule has 25 heavy (non-hydrogen) atoms. The molecule has 0 heterocycles. The van der Waals surface area contributed by atoms with E-state index in [2.05, 4.69) is 38.0 Å². The molecule has 8 heteroatoms. The summed E-state index contributed by atoms with van der Waals surface area (Å²) in [5.41, 5.74) is 1.07. The average Bonchev–Trinajstić information content (AvgIpc) is 2.62. The number of halogens is 1. The summed E-state index contributed by atoms with van der Waals surface area (Å²) in [6, 6.07) is 10.8. The first-order chi connectivity index (χ1) is 12.0. The zero-order valence-corrected chi connectivity index (χ0v) is 15.6.